The summed E-state index contributed by atoms with van der Waals surface area (Å²) in [5.41, 5.74) is 1.42. The Balaban J connectivity index is 1.39. The molecule has 1 aromatic rings. The van der Waals surface area contributed by atoms with Gasteiger partial charge in [-0.05, 0) is 62.8 Å². The summed E-state index contributed by atoms with van der Waals surface area (Å²) in [4.78, 5) is 12.7. The van der Waals surface area contributed by atoms with Crippen LogP contribution in [0, 0.1) is 0 Å². The van der Waals surface area contributed by atoms with E-state index in [1.807, 2.05) is 24.3 Å². The van der Waals surface area contributed by atoms with Crippen LogP contribution in [0.3, 0.4) is 0 Å². The fourth-order valence-corrected chi connectivity index (χ4v) is 6.05. The van der Waals surface area contributed by atoms with Crippen molar-refractivity contribution in [1.29, 1.82) is 0 Å². The highest BCUT2D eigenvalue weighted by Crippen LogP contribution is 2.44. The molecule has 0 aromatic heterocycles. The first-order chi connectivity index (χ1) is 13.6. The van der Waals surface area contributed by atoms with Crippen molar-refractivity contribution in [2.24, 2.45) is 0 Å². The Hall–Kier alpha value is -1.26. The number of piperidine rings is 1. The highest BCUT2D eigenvalue weighted by atomic mass is 35.5. The summed E-state index contributed by atoms with van der Waals surface area (Å²) in [6, 6.07) is 7.79. The number of rotatable bonds is 4. The van der Waals surface area contributed by atoms with Crippen LogP contribution in [-0.4, -0.2) is 29.6 Å². The molecule has 1 amide bonds. The second-order valence-corrected chi connectivity index (χ2v) is 9.78. The Morgan fingerprint density at radius 1 is 0.929 bits per heavy atom. The molecule has 3 aliphatic rings. The van der Waals surface area contributed by atoms with Crippen molar-refractivity contribution in [3.8, 4) is 0 Å². The standard InChI is InChI=1S/C23H34ClN3O/c24-18-7-9-19(10-8-18)25-17-21(28)26-20-15-22(11-3-1-4-12-22)27-23(16-20)13-5-2-6-14-23/h7-10,20,25,27H,1-6,11-17H2,(H,26,28). The predicted octanol–water partition coefficient (Wildman–Crippen LogP) is 5.03. The molecule has 0 radical (unpaired) electrons. The topological polar surface area (TPSA) is 53.2 Å². The number of anilines is 1. The summed E-state index contributed by atoms with van der Waals surface area (Å²) in [7, 11) is 0. The van der Waals surface area contributed by atoms with Crippen molar-refractivity contribution >= 4 is 23.2 Å². The Morgan fingerprint density at radius 2 is 1.46 bits per heavy atom. The summed E-state index contributed by atoms with van der Waals surface area (Å²) in [6.07, 6.45) is 15.2. The van der Waals surface area contributed by atoms with Crippen molar-refractivity contribution in [2.45, 2.75) is 94.2 Å². The van der Waals surface area contributed by atoms with E-state index in [4.69, 9.17) is 11.6 Å². The normalized spacial score (nSPS) is 26.1. The molecule has 0 unspecified atom stereocenters. The lowest BCUT2D eigenvalue weighted by Crippen LogP contribution is -2.67. The maximum atomic E-state index is 12.7. The van der Waals surface area contributed by atoms with Gasteiger partial charge in [-0.1, -0.05) is 50.1 Å². The number of carbonyl (C=O) groups excluding carboxylic acids is 1. The Bertz CT molecular complexity index is 637. The van der Waals surface area contributed by atoms with E-state index >= 15 is 0 Å². The van der Waals surface area contributed by atoms with Crippen LogP contribution >= 0.6 is 11.6 Å². The van der Waals surface area contributed by atoms with Gasteiger partial charge in [-0.25, -0.2) is 0 Å². The number of hydrogen-bond donors (Lipinski definition) is 3. The lowest BCUT2D eigenvalue weighted by Gasteiger charge is -2.55. The fourth-order valence-electron chi connectivity index (χ4n) is 5.93. The molecular formula is C23H34ClN3O. The van der Waals surface area contributed by atoms with Gasteiger partial charge in [0.2, 0.25) is 5.91 Å². The first-order valence-corrected chi connectivity index (χ1v) is 11.5. The maximum absolute atomic E-state index is 12.7. The first-order valence-electron chi connectivity index (χ1n) is 11.1. The van der Waals surface area contributed by atoms with Gasteiger partial charge in [-0.3, -0.25) is 4.79 Å². The molecule has 4 nitrogen and oxygen atoms in total. The third kappa shape index (κ3) is 4.83. The molecule has 0 bridgehead atoms. The monoisotopic (exact) mass is 403 g/mol. The van der Waals surface area contributed by atoms with Crippen molar-refractivity contribution in [2.75, 3.05) is 11.9 Å². The van der Waals surface area contributed by atoms with Gasteiger partial charge >= 0.3 is 0 Å². The second kappa shape index (κ2) is 8.62. The molecule has 4 rings (SSSR count). The van der Waals surface area contributed by atoms with Crippen molar-refractivity contribution in [1.82, 2.24) is 10.6 Å². The van der Waals surface area contributed by atoms with Crippen LogP contribution in [0.25, 0.3) is 0 Å². The van der Waals surface area contributed by atoms with Crippen LogP contribution in [0.5, 0.6) is 0 Å². The van der Waals surface area contributed by atoms with Crippen LogP contribution in [0.1, 0.15) is 77.0 Å². The average molecular weight is 404 g/mol. The van der Waals surface area contributed by atoms with E-state index in [9.17, 15) is 4.79 Å². The van der Waals surface area contributed by atoms with E-state index in [0.717, 1.165) is 18.5 Å². The van der Waals surface area contributed by atoms with Gasteiger partial charge in [0.15, 0.2) is 0 Å². The van der Waals surface area contributed by atoms with Crippen LogP contribution in [0.2, 0.25) is 5.02 Å². The molecule has 1 heterocycles. The molecule has 1 saturated heterocycles. The van der Waals surface area contributed by atoms with E-state index in [1.165, 1.54) is 64.2 Å². The molecule has 2 aliphatic carbocycles. The second-order valence-electron chi connectivity index (χ2n) is 9.34. The number of carbonyl (C=O) groups is 1. The molecule has 1 aromatic carbocycles. The highest BCUT2D eigenvalue weighted by Gasteiger charge is 2.48. The van der Waals surface area contributed by atoms with Gasteiger partial charge in [0.25, 0.3) is 0 Å². The number of nitrogens with one attached hydrogen (secondary N) is 3. The molecule has 2 spiro atoms. The van der Waals surface area contributed by atoms with E-state index in [-0.39, 0.29) is 23.0 Å². The van der Waals surface area contributed by atoms with Crippen LogP contribution in [0.4, 0.5) is 5.69 Å². The zero-order valence-electron chi connectivity index (χ0n) is 16.9. The quantitative estimate of drug-likeness (QED) is 0.661. The SMILES string of the molecule is O=C(CNc1ccc(Cl)cc1)NC1CC2(CCCCC2)NC2(CCCCC2)C1. The molecule has 3 fully saturated rings. The van der Waals surface area contributed by atoms with E-state index in [2.05, 4.69) is 16.0 Å². The van der Waals surface area contributed by atoms with Gasteiger partial charge in [0.05, 0.1) is 6.54 Å². The predicted molar refractivity (Wildman–Crippen MR) is 116 cm³/mol. The molecule has 3 N–H and O–H groups in total. The third-order valence-electron chi connectivity index (χ3n) is 7.09. The Labute approximate surface area is 174 Å². The smallest absolute Gasteiger partial charge is 0.239 e. The molecule has 2 saturated carbocycles. The number of amides is 1. The number of halogens is 1. The minimum atomic E-state index is 0.0961. The summed E-state index contributed by atoms with van der Waals surface area (Å²) in [5.74, 6) is 0.0961. The van der Waals surface area contributed by atoms with Gasteiger partial charge in [0.1, 0.15) is 0 Å². The summed E-state index contributed by atoms with van der Waals surface area (Å²) < 4.78 is 0. The molecule has 0 atom stereocenters. The van der Waals surface area contributed by atoms with Crippen molar-refractivity contribution in [3.63, 3.8) is 0 Å². The highest BCUT2D eigenvalue weighted by molar-refractivity contribution is 6.30. The minimum Gasteiger partial charge on any atom is -0.376 e. The molecular weight excluding hydrogens is 370 g/mol. The zero-order valence-corrected chi connectivity index (χ0v) is 17.6. The lowest BCUT2D eigenvalue weighted by atomic mass is 9.66. The Kier molecular flexibility index (Phi) is 6.17. The van der Waals surface area contributed by atoms with Crippen LogP contribution in [-0.2, 0) is 4.79 Å². The molecule has 154 valence electrons. The average Bonchev–Trinajstić information content (AvgIpc) is 2.68. The third-order valence-corrected chi connectivity index (χ3v) is 7.34. The fraction of sp³-hybridized carbons (Fsp3) is 0.696. The van der Waals surface area contributed by atoms with Gasteiger partial charge in [-0.15, -0.1) is 0 Å². The summed E-state index contributed by atoms with van der Waals surface area (Å²) in [6.45, 7) is 0.311. The van der Waals surface area contributed by atoms with Crippen LogP contribution in [0.15, 0.2) is 24.3 Å². The van der Waals surface area contributed by atoms with E-state index in [1.54, 1.807) is 0 Å². The molecule has 1 aliphatic heterocycles. The molecule has 28 heavy (non-hydrogen) atoms. The van der Waals surface area contributed by atoms with E-state index in [0.29, 0.717) is 11.6 Å². The van der Waals surface area contributed by atoms with Crippen LogP contribution < -0.4 is 16.0 Å². The zero-order chi connectivity index (χ0) is 19.5. The summed E-state index contributed by atoms with van der Waals surface area (Å²) >= 11 is 5.93. The largest absolute Gasteiger partial charge is 0.376 e. The number of hydrogen-bond acceptors (Lipinski definition) is 3. The number of benzene rings is 1. The van der Waals surface area contributed by atoms with Gasteiger partial charge in [-0.2, -0.15) is 0 Å². The Morgan fingerprint density at radius 3 is 2.00 bits per heavy atom. The first kappa shape index (κ1) is 20.0. The van der Waals surface area contributed by atoms with Crippen molar-refractivity contribution in [3.05, 3.63) is 29.3 Å². The maximum Gasteiger partial charge on any atom is 0.239 e. The minimum absolute atomic E-state index is 0.0961. The van der Waals surface area contributed by atoms with E-state index < -0.39 is 0 Å². The summed E-state index contributed by atoms with van der Waals surface area (Å²) in [5, 5.41) is 11.5. The lowest BCUT2D eigenvalue weighted by molar-refractivity contribution is -0.120. The van der Waals surface area contributed by atoms with Gasteiger partial charge in [0, 0.05) is 27.8 Å². The van der Waals surface area contributed by atoms with Gasteiger partial charge < -0.3 is 16.0 Å². The molecule has 5 heteroatoms. The van der Waals surface area contributed by atoms with Crippen molar-refractivity contribution < 1.29 is 4.79 Å².